The minimum atomic E-state index is 0.787. The summed E-state index contributed by atoms with van der Waals surface area (Å²) >= 11 is 0. The summed E-state index contributed by atoms with van der Waals surface area (Å²) in [7, 11) is 0. The number of unbranched alkanes of at least 4 members (excludes halogenated alkanes) is 5. The van der Waals surface area contributed by atoms with Gasteiger partial charge in [0.2, 0.25) is 0 Å². The molecule has 0 bridgehead atoms. The molecule has 0 saturated heterocycles. The van der Waals surface area contributed by atoms with Gasteiger partial charge in [-0.05, 0) is 55.2 Å². The van der Waals surface area contributed by atoms with Crippen molar-refractivity contribution >= 4 is 0 Å². The molecule has 1 aromatic carbocycles. The van der Waals surface area contributed by atoms with E-state index in [1.54, 1.807) is 0 Å². The molecule has 0 aliphatic carbocycles. The SMILES string of the molecule is CCCCCCc1ccc(-c2ccc(-c3ccc(OCCCCC)cc3)cn2)cn1. The van der Waals surface area contributed by atoms with Crippen molar-refractivity contribution in [3.63, 3.8) is 0 Å². The maximum Gasteiger partial charge on any atom is 0.119 e. The molecule has 0 amide bonds. The van der Waals surface area contributed by atoms with Crippen molar-refractivity contribution < 1.29 is 4.74 Å². The molecule has 0 aliphatic heterocycles. The minimum absolute atomic E-state index is 0.787. The van der Waals surface area contributed by atoms with E-state index in [2.05, 4.69) is 60.2 Å². The largest absolute Gasteiger partial charge is 0.494 e. The van der Waals surface area contributed by atoms with Gasteiger partial charge in [-0.3, -0.25) is 9.97 Å². The van der Waals surface area contributed by atoms with E-state index < -0.39 is 0 Å². The van der Waals surface area contributed by atoms with E-state index in [4.69, 9.17) is 4.74 Å². The number of pyridine rings is 2. The molecule has 0 spiro atoms. The highest BCUT2D eigenvalue weighted by Gasteiger charge is 2.04. The maximum absolute atomic E-state index is 5.80. The van der Waals surface area contributed by atoms with E-state index in [0.717, 1.165) is 47.6 Å². The van der Waals surface area contributed by atoms with Gasteiger partial charge in [0.05, 0.1) is 12.3 Å². The third kappa shape index (κ3) is 6.69. The molecule has 0 unspecified atom stereocenters. The Kier molecular flexibility index (Phi) is 8.89. The predicted molar refractivity (Wildman–Crippen MR) is 126 cm³/mol. The van der Waals surface area contributed by atoms with Crippen LogP contribution in [0, 0.1) is 0 Å². The zero-order valence-corrected chi connectivity index (χ0v) is 18.4. The smallest absolute Gasteiger partial charge is 0.119 e. The molecule has 0 fully saturated rings. The van der Waals surface area contributed by atoms with Crippen LogP contribution in [-0.2, 0) is 6.42 Å². The summed E-state index contributed by atoms with van der Waals surface area (Å²) in [4.78, 5) is 9.29. The second-order valence-corrected chi connectivity index (χ2v) is 7.86. The summed E-state index contributed by atoms with van der Waals surface area (Å²) in [6.45, 7) is 5.23. The Balaban J connectivity index is 1.56. The average molecular weight is 403 g/mol. The van der Waals surface area contributed by atoms with Gasteiger partial charge in [0.25, 0.3) is 0 Å². The standard InChI is InChI=1S/C27H34N2O/c1-3-5-7-8-10-25-15-11-24(21-28-25)27-18-14-23(20-29-27)22-12-16-26(17-13-22)30-19-9-6-4-2/h11-18,20-21H,3-10,19H2,1-2H3. The molecule has 3 rings (SSSR count). The van der Waals surface area contributed by atoms with E-state index in [0.29, 0.717) is 0 Å². The van der Waals surface area contributed by atoms with E-state index >= 15 is 0 Å². The third-order valence-corrected chi connectivity index (χ3v) is 5.37. The highest BCUT2D eigenvalue weighted by molar-refractivity contribution is 5.67. The van der Waals surface area contributed by atoms with Gasteiger partial charge in [0, 0.05) is 29.2 Å². The van der Waals surface area contributed by atoms with Crippen molar-refractivity contribution in [2.24, 2.45) is 0 Å². The minimum Gasteiger partial charge on any atom is -0.494 e. The number of hydrogen-bond donors (Lipinski definition) is 0. The molecule has 2 heterocycles. The number of nitrogens with zero attached hydrogens (tertiary/aromatic N) is 2. The Hall–Kier alpha value is -2.68. The van der Waals surface area contributed by atoms with Crippen LogP contribution in [0.4, 0.5) is 0 Å². The lowest BCUT2D eigenvalue weighted by molar-refractivity contribution is 0.306. The first-order valence-corrected chi connectivity index (χ1v) is 11.4. The molecule has 3 nitrogen and oxygen atoms in total. The lowest BCUT2D eigenvalue weighted by Gasteiger charge is -2.08. The molecule has 0 atom stereocenters. The zero-order valence-electron chi connectivity index (χ0n) is 18.4. The first-order chi connectivity index (χ1) is 14.8. The summed E-state index contributed by atoms with van der Waals surface area (Å²) < 4.78 is 5.80. The predicted octanol–water partition coefficient (Wildman–Crippen LogP) is 7.50. The second kappa shape index (κ2) is 12.1. The van der Waals surface area contributed by atoms with Crippen molar-refractivity contribution in [1.82, 2.24) is 9.97 Å². The van der Waals surface area contributed by atoms with Crippen molar-refractivity contribution in [2.75, 3.05) is 6.61 Å². The van der Waals surface area contributed by atoms with Crippen LogP contribution in [0.15, 0.2) is 60.9 Å². The molecular weight excluding hydrogens is 368 g/mol. The average Bonchev–Trinajstić information content (AvgIpc) is 2.81. The Morgan fingerprint density at radius 2 is 1.33 bits per heavy atom. The quantitative estimate of drug-likeness (QED) is 0.294. The van der Waals surface area contributed by atoms with Crippen LogP contribution in [0.1, 0.15) is 64.5 Å². The molecule has 0 N–H and O–H groups in total. The molecule has 0 saturated carbocycles. The topological polar surface area (TPSA) is 35.0 Å². The summed E-state index contributed by atoms with van der Waals surface area (Å²) in [6.07, 6.45) is 13.6. The van der Waals surface area contributed by atoms with E-state index in [-0.39, 0.29) is 0 Å². The number of benzene rings is 1. The highest BCUT2D eigenvalue weighted by atomic mass is 16.5. The lowest BCUT2D eigenvalue weighted by atomic mass is 10.1. The van der Waals surface area contributed by atoms with Gasteiger partial charge in [0.15, 0.2) is 0 Å². The number of aryl methyl sites for hydroxylation is 1. The first-order valence-electron chi connectivity index (χ1n) is 11.4. The number of ether oxygens (including phenoxy) is 1. The Morgan fingerprint density at radius 1 is 0.633 bits per heavy atom. The molecule has 3 aromatic rings. The van der Waals surface area contributed by atoms with Crippen molar-refractivity contribution in [3.8, 4) is 28.1 Å². The van der Waals surface area contributed by atoms with Crippen LogP contribution in [0.5, 0.6) is 5.75 Å². The normalized spacial score (nSPS) is 10.9. The van der Waals surface area contributed by atoms with Crippen molar-refractivity contribution in [1.29, 1.82) is 0 Å². The van der Waals surface area contributed by atoms with Gasteiger partial charge in [0.1, 0.15) is 5.75 Å². The number of aromatic nitrogens is 2. The molecule has 0 aliphatic rings. The van der Waals surface area contributed by atoms with Crippen LogP contribution in [0.25, 0.3) is 22.4 Å². The van der Waals surface area contributed by atoms with Crippen LogP contribution < -0.4 is 4.74 Å². The Morgan fingerprint density at radius 3 is 2.00 bits per heavy atom. The van der Waals surface area contributed by atoms with Gasteiger partial charge in [-0.15, -0.1) is 0 Å². The van der Waals surface area contributed by atoms with E-state index in [1.807, 2.05) is 24.5 Å². The molecule has 3 heteroatoms. The monoisotopic (exact) mass is 402 g/mol. The number of rotatable bonds is 12. The summed E-state index contributed by atoms with van der Waals surface area (Å²) in [5.41, 5.74) is 5.45. The van der Waals surface area contributed by atoms with Gasteiger partial charge in [-0.2, -0.15) is 0 Å². The van der Waals surface area contributed by atoms with E-state index in [1.165, 1.54) is 44.2 Å². The second-order valence-electron chi connectivity index (χ2n) is 7.86. The molecular formula is C27H34N2O. The summed E-state index contributed by atoms with van der Waals surface area (Å²) in [5.74, 6) is 0.931. The fourth-order valence-electron chi connectivity index (χ4n) is 3.48. The Labute approximate surface area is 181 Å². The number of hydrogen-bond acceptors (Lipinski definition) is 3. The van der Waals surface area contributed by atoms with Crippen LogP contribution in [-0.4, -0.2) is 16.6 Å². The lowest BCUT2D eigenvalue weighted by Crippen LogP contribution is -1.96. The van der Waals surface area contributed by atoms with Crippen molar-refractivity contribution in [2.45, 2.75) is 65.2 Å². The summed E-state index contributed by atoms with van der Waals surface area (Å²) in [5, 5.41) is 0. The van der Waals surface area contributed by atoms with Gasteiger partial charge >= 0.3 is 0 Å². The van der Waals surface area contributed by atoms with Crippen LogP contribution >= 0.6 is 0 Å². The van der Waals surface area contributed by atoms with Crippen molar-refractivity contribution in [3.05, 3.63) is 66.6 Å². The van der Waals surface area contributed by atoms with Gasteiger partial charge in [-0.25, -0.2) is 0 Å². The van der Waals surface area contributed by atoms with Crippen LogP contribution in [0.2, 0.25) is 0 Å². The molecule has 0 radical (unpaired) electrons. The summed E-state index contributed by atoms with van der Waals surface area (Å²) in [6, 6.07) is 16.7. The molecule has 158 valence electrons. The Bertz CT molecular complexity index is 780. The third-order valence-electron chi connectivity index (χ3n) is 5.37. The van der Waals surface area contributed by atoms with E-state index in [9.17, 15) is 0 Å². The first kappa shape index (κ1) is 22.0. The van der Waals surface area contributed by atoms with Crippen LogP contribution in [0.3, 0.4) is 0 Å². The van der Waals surface area contributed by atoms with Gasteiger partial charge in [-0.1, -0.05) is 64.2 Å². The zero-order chi connectivity index (χ0) is 21.0. The fourth-order valence-corrected chi connectivity index (χ4v) is 3.48. The van der Waals surface area contributed by atoms with Gasteiger partial charge < -0.3 is 4.74 Å². The maximum atomic E-state index is 5.80. The fraction of sp³-hybridized carbons (Fsp3) is 0.407. The highest BCUT2D eigenvalue weighted by Crippen LogP contribution is 2.24. The molecule has 2 aromatic heterocycles. The molecule has 30 heavy (non-hydrogen) atoms.